The van der Waals surface area contributed by atoms with Gasteiger partial charge in [-0.2, -0.15) is 11.8 Å². The van der Waals surface area contributed by atoms with Gasteiger partial charge >= 0.3 is 0 Å². The Morgan fingerprint density at radius 3 is 2.39 bits per heavy atom. The Bertz CT molecular complexity index is 671. The van der Waals surface area contributed by atoms with Gasteiger partial charge in [0.05, 0.1) is 5.69 Å². The molecule has 2 fully saturated rings. The third-order valence-electron chi connectivity index (χ3n) is 5.03. The van der Waals surface area contributed by atoms with E-state index in [1.165, 1.54) is 19.3 Å². The van der Waals surface area contributed by atoms with Gasteiger partial charge in [-0.1, -0.05) is 36.8 Å². The Labute approximate surface area is 141 Å². The van der Waals surface area contributed by atoms with Gasteiger partial charge in [0.2, 0.25) is 0 Å². The number of nitrogens with zero attached hydrogens (tertiary/aromatic N) is 1. The normalized spacial score (nSPS) is 26.7. The van der Waals surface area contributed by atoms with Crippen molar-refractivity contribution in [3.63, 3.8) is 0 Å². The van der Waals surface area contributed by atoms with E-state index in [0.717, 1.165) is 29.7 Å². The topological polar surface area (TPSA) is 30.0 Å². The van der Waals surface area contributed by atoms with Crippen molar-refractivity contribution in [1.29, 1.82) is 0 Å². The number of aromatic nitrogens is 1. The lowest BCUT2D eigenvalue weighted by Crippen LogP contribution is -2.32. The zero-order valence-corrected chi connectivity index (χ0v) is 14.0. The van der Waals surface area contributed by atoms with Crippen LogP contribution in [0.4, 0.5) is 0 Å². The van der Waals surface area contributed by atoms with E-state index in [1.54, 1.807) is 6.20 Å². The monoisotopic (exact) mass is 323 g/mol. The van der Waals surface area contributed by atoms with Gasteiger partial charge in [0.25, 0.3) is 0 Å². The van der Waals surface area contributed by atoms with Crippen LogP contribution in [0.2, 0.25) is 0 Å². The van der Waals surface area contributed by atoms with Crippen LogP contribution >= 0.6 is 11.8 Å². The number of Topliss-reactive ketones (excluding diaryl/α,β-unsaturated/α-hetero) is 1. The highest BCUT2D eigenvalue weighted by molar-refractivity contribution is 8.00. The lowest BCUT2D eigenvalue weighted by Gasteiger charge is -2.37. The second-order valence-electron chi connectivity index (χ2n) is 6.64. The molecule has 2 aromatic rings. The number of carbonyl (C=O) groups excluding carboxylic acids is 1. The minimum absolute atomic E-state index is 0.229. The Kier molecular flexibility index (Phi) is 4.21. The second-order valence-corrected chi connectivity index (χ2v) is 8.24. The molecule has 1 aromatic heterocycles. The zero-order chi connectivity index (χ0) is 15.6. The van der Waals surface area contributed by atoms with Crippen molar-refractivity contribution < 1.29 is 4.79 Å². The summed E-state index contributed by atoms with van der Waals surface area (Å²) in [6, 6.07) is 13.9. The summed E-state index contributed by atoms with van der Waals surface area (Å²) >= 11 is 2.13. The van der Waals surface area contributed by atoms with E-state index < -0.39 is 0 Å². The molecule has 4 rings (SSSR count). The maximum Gasteiger partial charge on any atom is 0.166 e. The fraction of sp³-hybridized carbons (Fsp3) is 0.400. The summed E-state index contributed by atoms with van der Waals surface area (Å²) in [5.41, 5.74) is 2.88. The van der Waals surface area contributed by atoms with E-state index in [0.29, 0.717) is 16.3 Å². The number of hydrogen-bond acceptors (Lipinski definition) is 3. The molecule has 2 aliphatic rings. The van der Waals surface area contributed by atoms with Crippen molar-refractivity contribution >= 4 is 17.5 Å². The fourth-order valence-corrected chi connectivity index (χ4v) is 5.68. The van der Waals surface area contributed by atoms with Gasteiger partial charge < -0.3 is 0 Å². The minimum Gasteiger partial charge on any atom is -0.294 e. The van der Waals surface area contributed by atoms with Gasteiger partial charge in [0.1, 0.15) is 0 Å². The van der Waals surface area contributed by atoms with Gasteiger partial charge in [-0.15, -0.1) is 0 Å². The Morgan fingerprint density at radius 1 is 1.00 bits per heavy atom. The van der Waals surface area contributed by atoms with Crippen LogP contribution in [0.25, 0.3) is 11.3 Å². The predicted octanol–water partition coefficient (Wildman–Crippen LogP) is 5.00. The van der Waals surface area contributed by atoms with E-state index >= 15 is 0 Å². The average molecular weight is 323 g/mol. The Balaban J connectivity index is 1.50. The summed E-state index contributed by atoms with van der Waals surface area (Å²) in [4.78, 5) is 17.2. The number of carbonyl (C=O) groups is 1. The van der Waals surface area contributed by atoms with E-state index in [-0.39, 0.29) is 5.92 Å². The third-order valence-corrected chi connectivity index (χ3v) is 6.66. The van der Waals surface area contributed by atoms with Gasteiger partial charge in [-0.05, 0) is 37.8 Å². The lowest BCUT2D eigenvalue weighted by atomic mass is 9.84. The number of hydrogen-bond donors (Lipinski definition) is 0. The van der Waals surface area contributed by atoms with Gasteiger partial charge in [0, 0.05) is 33.7 Å². The average Bonchev–Trinajstić information content (AvgIpc) is 2.62. The van der Waals surface area contributed by atoms with Crippen molar-refractivity contribution in [2.45, 2.75) is 42.6 Å². The maximum absolute atomic E-state index is 12.9. The number of ketones is 1. The van der Waals surface area contributed by atoms with Gasteiger partial charge in [-0.25, -0.2) is 0 Å². The molecule has 0 aliphatic carbocycles. The van der Waals surface area contributed by atoms with Crippen molar-refractivity contribution in [3.8, 4) is 11.3 Å². The van der Waals surface area contributed by atoms with Crippen LogP contribution in [0, 0.1) is 5.92 Å². The van der Waals surface area contributed by atoms with Crippen LogP contribution in [-0.2, 0) is 0 Å². The number of benzene rings is 1. The molecule has 2 saturated heterocycles. The number of rotatable bonds is 3. The SMILES string of the molecule is O=C(c1ccc(-c2ccccn2)cc1)C1CC2CCCC(C1)S2. The van der Waals surface area contributed by atoms with Crippen LogP contribution in [0.1, 0.15) is 42.5 Å². The summed E-state index contributed by atoms with van der Waals surface area (Å²) in [7, 11) is 0. The highest BCUT2D eigenvalue weighted by Gasteiger charge is 2.35. The Hall–Kier alpha value is -1.61. The zero-order valence-electron chi connectivity index (χ0n) is 13.2. The summed E-state index contributed by atoms with van der Waals surface area (Å²) in [6.45, 7) is 0. The van der Waals surface area contributed by atoms with E-state index in [9.17, 15) is 4.79 Å². The molecule has 0 N–H and O–H groups in total. The molecule has 23 heavy (non-hydrogen) atoms. The first-order valence-electron chi connectivity index (χ1n) is 8.51. The lowest BCUT2D eigenvalue weighted by molar-refractivity contribution is 0.0896. The van der Waals surface area contributed by atoms with Crippen molar-refractivity contribution in [2.24, 2.45) is 5.92 Å². The molecule has 2 aliphatic heterocycles. The molecule has 3 heterocycles. The molecule has 118 valence electrons. The molecular formula is C20H21NOS. The smallest absolute Gasteiger partial charge is 0.166 e. The van der Waals surface area contributed by atoms with Crippen LogP contribution in [0.15, 0.2) is 48.7 Å². The third kappa shape index (κ3) is 3.20. The number of thioether (sulfide) groups is 1. The molecule has 2 unspecified atom stereocenters. The highest BCUT2D eigenvalue weighted by Crippen LogP contribution is 2.44. The van der Waals surface area contributed by atoms with Gasteiger partial charge in [0.15, 0.2) is 5.78 Å². The van der Waals surface area contributed by atoms with Crippen molar-refractivity contribution in [2.75, 3.05) is 0 Å². The molecule has 2 atom stereocenters. The fourth-order valence-electron chi connectivity index (χ4n) is 3.85. The standard InChI is InChI=1S/C20H21NOS/c22-20(16-12-17-4-3-5-18(13-16)23-17)15-9-7-14(8-10-15)19-6-1-2-11-21-19/h1-2,6-11,16-18H,3-5,12-13H2. The minimum atomic E-state index is 0.229. The molecule has 2 bridgehead atoms. The summed E-state index contributed by atoms with van der Waals surface area (Å²) < 4.78 is 0. The Morgan fingerprint density at radius 2 is 1.74 bits per heavy atom. The largest absolute Gasteiger partial charge is 0.294 e. The summed E-state index contributed by atoms with van der Waals surface area (Å²) in [5.74, 6) is 0.571. The van der Waals surface area contributed by atoms with E-state index in [2.05, 4.69) is 16.7 Å². The molecule has 3 heteroatoms. The molecule has 0 radical (unpaired) electrons. The number of pyridine rings is 1. The van der Waals surface area contributed by atoms with E-state index in [4.69, 9.17) is 0 Å². The molecule has 0 saturated carbocycles. The van der Waals surface area contributed by atoms with Crippen LogP contribution in [-0.4, -0.2) is 21.3 Å². The summed E-state index contributed by atoms with van der Waals surface area (Å²) in [5, 5.41) is 1.42. The molecule has 0 amide bonds. The second kappa shape index (κ2) is 6.48. The van der Waals surface area contributed by atoms with Crippen LogP contribution < -0.4 is 0 Å². The van der Waals surface area contributed by atoms with Gasteiger partial charge in [-0.3, -0.25) is 9.78 Å². The van der Waals surface area contributed by atoms with Crippen molar-refractivity contribution in [1.82, 2.24) is 4.98 Å². The first-order chi connectivity index (χ1) is 11.3. The maximum atomic E-state index is 12.9. The molecular weight excluding hydrogens is 302 g/mol. The van der Waals surface area contributed by atoms with E-state index in [1.807, 2.05) is 42.5 Å². The number of fused-ring (bicyclic) bond motifs is 2. The first kappa shape index (κ1) is 14.9. The highest BCUT2D eigenvalue weighted by atomic mass is 32.2. The summed E-state index contributed by atoms with van der Waals surface area (Å²) in [6.07, 6.45) is 7.88. The van der Waals surface area contributed by atoms with Crippen LogP contribution in [0.5, 0.6) is 0 Å². The molecule has 2 nitrogen and oxygen atoms in total. The quantitative estimate of drug-likeness (QED) is 0.745. The van der Waals surface area contributed by atoms with Crippen LogP contribution in [0.3, 0.4) is 0 Å². The molecule has 1 aromatic carbocycles. The predicted molar refractivity (Wildman–Crippen MR) is 95.7 cm³/mol. The molecule has 0 spiro atoms. The first-order valence-corrected chi connectivity index (χ1v) is 9.45. The van der Waals surface area contributed by atoms with Crippen molar-refractivity contribution in [3.05, 3.63) is 54.2 Å².